The average molecular weight is 374 g/mol. The fourth-order valence-electron chi connectivity index (χ4n) is 3.63. The number of aliphatic hydroxyl groups excluding tert-OH is 1. The number of carbonyl (C=O) groups is 1. The minimum Gasteiger partial charge on any atom is -0.396 e. The van der Waals surface area contributed by atoms with Crippen molar-refractivity contribution in [3.63, 3.8) is 0 Å². The lowest BCUT2D eigenvalue weighted by Crippen LogP contribution is -2.49. The number of thioether (sulfide) groups is 1. The Bertz CT molecular complexity index is 769. The predicted molar refractivity (Wildman–Crippen MR) is 101 cm³/mol. The van der Waals surface area contributed by atoms with Gasteiger partial charge in [-0.25, -0.2) is 9.37 Å². The van der Waals surface area contributed by atoms with Crippen molar-refractivity contribution in [2.24, 2.45) is 5.41 Å². The number of piperidine rings is 1. The van der Waals surface area contributed by atoms with Crippen LogP contribution in [-0.2, 0) is 6.42 Å². The summed E-state index contributed by atoms with van der Waals surface area (Å²) in [5.41, 5.74) is 1.18. The topological polar surface area (TPSA) is 53.4 Å². The zero-order valence-corrected chi connectivity index (χ0v) is 15.6. The molecule has 4 nitrogen and oxygen atoms in total. The maximum atomic E-state index is 13.2. The lowest BCUT2D eigenvalue weighted by Gasteiger charge is -2.42. The van der Waals surface area contributed by atoms with Crippen LogP contribution in [-0.4, -0.2) is 46.8 Å². The van der Waals surface area contributed by atoms with Gasteiger partial charge in [-0.15, -0.1) is 11.8 Å². The quantitative estimate of drug-likeness (QED) is 0.815. The van der Waals surface area contributed by atoms with Crippen molar-refractivity contribution in [3.8, 4) is 0 Å². The minimum absolute atomic E-state index is 0.00339. The number of nitrogens with zero attached hydrogens (tertiary/aromatic N) is 2. The Morgan fingerprint density at radius 3 is 2.81 bits per heavy atom. The summed E-state index contributed by atoms with van der Waals surface area (Å²) in [7, 11) is 0. The van der Waals surface area contributed by atoms with E-state index in [9.17, 15) is 14.3 Å². The molecule has 1 amide bonds. The van der Waals surface area contributed by atoms with E-state index in [1.54, 1.807) is 30.5 Å². The fraction of sp³-hybridized carbons (Fsp3) is 0.400. The number of carbonyl (C=O) groups excluding carboxylic acids is 1. The van der Waals surface area contributed by atoms with Crippen molar-refractivity contribution >= 4 is 17.7 Å². The molecule has 1 atom stereocenters. The standard InChI is InChI=1S/C20H23FN2O2S/c1-26-18-17(4-2-10-22-18)19(25)23-11-3-9-20(13-23,14-24)12-15-5-7-16(21)8-6-15/h2,4-8,10,24H,3,9,11-14H2,1H3/t20-/m0/s1. The summed E-state index contributed by atoms with van der Waals surface area (Å²) in [5.74, 6) is -0.312. The highest BCUT2D eigenvalue weighted by molar-refractivity contribution is 7.98. The molecule has 0 radical (unpaired) electrons. The molecule has 1 N–H and O–H groups in total. The summed E-state index contributed by atoms with van der Waals surface area (Å²) in [6.45, 7) is 1.16. The zero-order valence-electron chi connectivity index (χ0n) is 14.8. The number of likely N-dealkylation sites (tertiary alicyclic amines) is 1. The number of amides is 1. The molecule has 2 heterocycles. The van der Waals surface area contributed by atoms with Crippen LogP contribution in [0.1, 0.15) is 28.8 Å². The molecular formula is C20H23FN2O2S. The number of pyridine rings is 1. The van der Waals surface area contributed by atoms with Gasteiger partial charge in [0.1, 0.15) is 10.8 Å². The van der Waals surface area contributed by atoms with Crippen LogP contribution in [0, 0.1) is 11.2 Å². The first-order valence-corrected chi connectivity index (χ1v) is 9.93. The Labute approximate surface area is 157 Å². The van der Waals surface area contributed by atoms with E-state index in [2.05, 4.69) is 4.98 Å². The number of hydrogen-bond donors (Lipinski definition) is 1. The lowest BCUT2D eigenvalue weighted by molar-refractivity contribution is 0.0269. The Morgan fingerprint density at radius 2 is 2.12 bits per heavy atom. The van der Waals surface area contributed by atoms with E-state index in [1.165, 1.54) is 23.9 Å². The summed E-state index contributed by atoms with van der Waals surface area (Å²) >= 11 is 1.45. The zero-order chi connectivity index (χ0) is 18.6. The Balaban J connectivity index is 1.80. The first-order chi connectivity index (χ1) is 12.6. The summed E-state index contributed by atoms with van der Waals surface area (Å²) < 4.78 is 13.2. The molecule has 0 aliphatic carbocycles. The van der Waals surface area contributed by atoms with Crippen LogP contribution in [0.4, 0.5) is 4.39 Å². The van der Waals surface area contributed by atoms with E-state index >= 15 is 0 Å². The van der Waals surface area contributed by atoms with Gasteiger partial charge in [0, 0.05) is 24.7 Å². The van der Waals surface area contributed by atoms with Gasteiger partial charge in [0.2, 0.25) is 0 Å². The van der Waals surface area contributed by atoms with Crippen molar-refractivity contribution in [3.05, 3.63) is 59.5 Å². The molecule has 0 bridgehead atoms. The van der Waals surface area contributed by atoms with E-state index in [-0.39, 0.29) is 18.3 Å². The minimum atomic E-state index is -0.395. The molecule has 0 spiro atoms. The van der Waals surface area contributed by atoms with Crippen LogP contribution in [0.15, 0.2) is 47.6 Å². The first kappa shape index (κ1) is 18.9. The smallest absolute Gasteiger partial charge is 0.256 e. The van der Waals surface area contributed by atoms with E-state index in [4.69, 9.17) is 0 Å². The molecule has 2 aromatic rings. The molecule has 1 aliphatic heterocycles. The average Bonchev–Trinajstić information content (AvgIpc) is 2.69. The third kappa shape index (κ3) is 4.07. The number of aromatic nitrogens is 1. The van der Waals surface area contributed by atoms with Crippen LogP contribution in [0.2, 0.25) is 0 Å². The van der Waals surface area contributed by atoms with E-state index in [0.717, 1.165) is 23.4 Å². The second-order valence-electron chi connectivity index (χ2n) is 6.85. The highest BCUT2D eigenvalue weighted by Gasteiger charge is 2.37. The molecule has 1 aromatic carbocycles. The third-order valence-corrected chi connectivity index (χ3v) is 5.68. The molecule has 1 fully saturated rings. The second kappa shape index (κ2) is 8.18. The van der Waals surface area contributed by atoms with Crippen molar-refractivity contribution < 1.29 is 14.3 Å². The van der Waals surface area contributed by atoms with Gasteiger partial charge in [-0.2, -0.15) is 0 Å². The van der Waals surface area contributed by atoms with Gasteiger partial charge >= 0.3 is 0 Å². The van der Waals surface area contributed by atoms with E-state index in [0.29, 0.717) is 25.1 Å². The van der Waals surface area contributed by atoms with Gasteiger partial charge in [0.05, 0.1) is 12.2 Å². The lowest BCUT2D eigenvalue weighted by atomic mass is 9.75. The van der Waals surface area contributed by atoms with Gasteiger partial charge in [-0.1, -0.05) is 12.1 Å². The van der Waals surface area contributed by atoms with Crippen LogP contribution in [0.5, 0.6) is 0 Å². The highest BCUT2D eigenvalue weighted by Crippen LogP contribution is 2.34. The summed E-state index contributed by atoms with van der Waals surface area (Å²) in [4.78, 5) is 19.1. The molecular weight excluding hydrogens is 351 g/mol. The Morgan fingerprint density at radius 1 is 1.35 bits per heavy atom. The number of rotatable bonds is 5. The van der Waals surface area contributed by atoms with Crippen molar-refractivity contribution in [1.82, 2.24) is 9.88 Å². The normalized spacial score (nSPS) is 20.2. The first-order valence-electron chi connectivity index (χ1n) is 8.70. The van der Waals surface area contributed by atoms with Crippen molar-refractivity contribution in [2.45, 2.75) is 24.3 Å². The Kier molecular flexibility index (Phi) is 5.94. The molecule has 26 heavy (non-hydrogen) atoms. The van der Waals surface area contributed by atoms with Gasteiger partial charge in [0.15, 0.2) is 0 Å². The molecule has 138 valence electrons. The van der Waals surface area contributed by atoms with Crippen molar-refractivity contribution in [2.75, 3.05) is 26.0 Å². The number of halogens is 1. The van der Waals surface area contributed by atoms with Crippen LogP contribution < -0.4 is 0 Å². The largest absolute Gasteiger partial charge is 0.396 e. The molecule has 1 aliphatic rings. The van der Waals surface area contributed by atoms with Gasteiger partial charge in [0.25, 0.3) is 5.91 Å². The van der Waals surface area contributed by atoms with Crippen LogP contribution >= 0.6 is 11.8 Å². The molecule has 6 heteroatoms. The van der Waals surface area contributed by atoms with E-state index in [1.807, 2.05) is 11.2 Å². The molecule has 0 unspecified atom stereocenters. The highest BCUT2D eigenvalue weighted by atomic mass is 32.2. The SMILES string of the molecule is CSc1ncccc1C(=O)N1CCC[C@](CO)(Cc2ccc(F)cc2)C1. The fourth-order valence-corrected chi connectivity index (χ4v) is 4.17. The van der Waals surface area contributed by atoms with Crippen LogP contribution in [0.25, 0.3) is 0 Å². The molecule has 0 saturated carbocycles. The molecule has 3 rings (SSSR count). The maximum Gasteiger partial charge on any atom is 0.256 e. The summed E-state index contributed by atoms with van der Waals surface area (Å²) in [6.07, 6.45) is 5.89. The van der Waals surface area contributed by atoms with Gasteiger partial charge in [-0.3, -0.25) is 4.79 Å². The van der Waals surface area contributed by atoms with E-state index < -0.39 is 5.41 Å². The second-order valence-corrected chi connectivity index (χ2v) is 7.65. The number of aliphatic hydroxyl groups is 1. The van der Waals surface area contributed by atoms with Gasteiger partial charge < -0.3 is 10.0 Å². The number of hydrogen-bond acceptors (Lipinski definition) is 4. The van der Waals surface area contributed by atoms with Crippen molar-refractivity contribution in [1.29, 1.82) is 0 Å². The molecule has 1 saturated heterocycles. The third-order valence-electron chi connectivity index (χ3n) is 4.97. The number of benzene rings is 1. The summed E-state index contributed by atoms with van der Waals surface area (Å²) in [6, 6.07) is 9.95. The maximum absolute atomic E-state index is 13.2. The monoisotopic (exact) mass is 374 g/mol. The van der Waals surface area contributed by atoms with Gasteiger partial charge in [-0.05, 0) is 55.3 Å². The molecule has 1 aromatic heterocycles. The Hall–Kier alpha value is -1.92. The predicted octanol–water partition coefficient (Wildman–Crippen LogP) is 3.40. The summed E-state index contributed by atoms with van der Waals surface area (Å²) in [5, 5.41) is 10.8. The van der Waals surface area contributed by atoms with Crippen LogP contribution in [0.3, 0.4) is 0 Å².